The van der Waals surface area contributed by atoms with Gasteiger partial charge in [0.25, 0.3) is 5.91 Å². The topological polar surface area (TPSA) is 61.4 Å². The molecule has 25 heavy (non-hydrogen) atoms. The number of hydrogen-bond donors (Lipinski definition) is 3. The van der Waals surface area contributed by atoms with E-state index in [9.17, 15) is 9.90 Å². The minimum Gasteiger partial charge on any atom is -0.396 e. The summed E-state index contributed by atoms with van der Waals surface area (Å²) in [6, 6.07) is 17.9. The first-order chi connectivity index (χ1) is 12.0. The van der Waals surface area contributed by atoms with Gasteiger partial charge < -0.3 is 15.7 Å². The van der Waals surface area contributed by atoms with Crippen LogP contribution >= 0.6 is 0 Å². The second-order valence-electron chi connectivity index (χ2n) is 7.02. The summed E-state index contributed by atoms with van der Waals surface area (Å²) in [6.45, 7) is 5.80. The van der Waals surface area contributed by atoms with Gasteiger partial charge in [-0.25, -0.2) is 0 Å². The van der Waals surface area contributed by atoms with Crippen molar-refractivity contribution in [3.8, 4) is 0 Å². The first kappa shape index (κ1) is 19.2. The van der Waals surface area contributed by atoms with E-state index in [0.29, 0.717) is 5.56 Å². The van der Waals surface area contributed by atoms with Crippen molar-refractivity contribution in [3.05, 3.63) is 71.3 Å². The van der Waals surface area contributed by atoms with Crippen LogP contribution in [0.25, 0.3) is 0 Å². The summed E-state index contributed by atoms with van der Waals surface area (Å²) in [5.74, 6) is 0.136. The van der Waals surface area contributed by atoms with Crippen LogP contribution in [-0.4, -0.2) is 31.2 Å². The van der Waals surface area contributed by atoms with Gasteiger partial charge in [0.2, 0.25) is 0 Å². The number of rotatable bonds is 8. The van der Waals surface area contributed by atoms with Crippen molar-refractivity contribution in [1.29, 1.82) is 0 Å². The third kappa shape index (κ3) is 5.15. The van der Waals surface area contributed by atoms with Crippen molar-refractivity contribution in [3.63, 3.8) is 0 Å². The number of nitrogens with one attached hydrogen (secondary N) is 2. The maximum atomic E-state index is 11.6. The van der Waals surface area contributed by atoms with Crippen molar-refractivity contribution < 1.29 is 9.90 Å². The van der Waals surface area contributed by atoms with Crippen molar-refractivity contribution in [2.45, 2.75) is 26.3 Å². The molecule has 0 saturated carbocycles. The van der Waals surface area contributed by atoms with Gasteiger partial charge in [-0.3, -0.25) is 4.79 Å². The van der Waals surface area contributed by atoms with Crippen molar-refractivity contribution in [2.24, 2.45) is 5.41 Å². The summed E-state index contributed by atoms with van der Waals surface area (Å²) in [5, 5.41) is 15.9. The fourth-order valence-electron chi connectivity index (χ4n) is 2.92. The largest absolute Gasteiger partial charge is 0.396 e. The molecule has 2 rings (SSSR count). The zero-order valence-corrected chi connectivity index (χ0v) is 15.3. The lowest BCUT2D eigenvalue weighted by atomic mass is 9.75. The Bertz CT molecular complexity index is 666. The van der Waals surface area contributed by atoms with Crippen molar-refractivity contribution >= 4 is 5.91 Å². The molecule has 0 spiro atoms. The fourth-order valence-corrected chi connectivity index (χ4v) is 2.92. The average Bonchev–Trinajstić information content (AvgIpc) is 2.65. The second kappa shape index (κ2) is 8.79. The van der Waals surface area contributed by atoms with Crippen LogP contribution in [0.3, 0.4) is 0 Å². The predicted octanol–water partition coefficient (Wildman–Crippen LogP) is 2.94. The standard InChI is InChI=1S/C21H28N2O2/c1-21(2,15-24)19(17-7-5-4-6-8-17)14-23-13-16-9-11-18(12-10-16)20(25)22-3/h4-12,19,23-24H,13-15H2,1-3H3,(H,22,25). The van der Waals surface area contributed by atoms with Gasteiger partial charge >= 0.3 is 0 Å². The molecule has 0 aliphatic heterocycles. The van der Waals surface area contributed by atoms with E-state index in [2.05, 4.69) is 36.6 Å². The lowest BCUT2D eigenvalue weighted by Gasteiger charge is -2.33. The van der Waals surface area contributed by atoms with Gasteiger partial charge in [-0.15, -0.1) is 0 Å². The number of carbonyl (C=O) groups is 1. The van der Waals surface area contributed by atoms with Crippen LogP contribution in [0.1, 0.15) is 41.3 Å². The van der Waals surface area contributed by atoms with E-state index in [1.165, 1.54) is 5.56 Å². The van der Waals surface area contributed by atoms with E-state index in [0.717, 1.165) is 18.7 Å². The van der Waals surface area contributed by atoms with Crippen LogP contribution in [0, 0.1) is 5.41 Å². The SMILES string of the molecule is CNC(=O)c1ccc(CNCC(c2ccccc2)C(C)(C)CO)cc1. The number of aliphatic hydroxyl groups is 1. The number of hydrogen-bond acceptors (Lipinski definition) is 3. The lowest BCUT2D eigenvalue weighted by molar-refractivity contribution is 0.0963. The Labute approximate surface area is 150 Å². The molecular formula is C21H28N2O2. The Morgan fingerprint density at radius 1 is 1.08 bits per heavy atom. The molecule has 0 aliphatic carbocycles. The molecular weight excluding hydrogens is 312 g/mol. The first-order valence-corrected chi connectivity index (χ1v) is 8.65. The molecule has 0 aromatic heterocycles. The van der Waals surface area contributed by atoms with E-state index in [1.54, 1.807) is 7.05 Å². The van der Waals surface area contributed by atoms with Gasteiger partial charge in [-0.1, -0.05) is 56.3 Å². The lowest BCUT2D eigenvalue weighted by Crippen LogP contribution is -2.34. The van der Waals surface area contributed by atoms with E-state index in [4.69, 9.17) is 0 Å². The molecule has 3 N–H and O–H groups in total. The number of benzene rings is 2. The average molecular weight is 340 g/mol. The number of amides is 1. The summed E-state index contributed by atoms with van der Waals surface area (Å²) in [7, 11) is 1.63. The van der Waals surface area contributed by atoms with Gasteiger partial charge in [0, 0.05) is 38.2 Å². The summed E-state index contributed by atoms with van der Waals surface area (Å²) < 4.78 is 0. The molecule has 1 atom stereocenters. The number of aliphatic hydroxyl groups excluding tert-OH is 1. The smallest absolute Gasteiger partial charge is 0.251 e. The second-order valence-corrected chi connectivity index (χ2v) is 7.02. The monoisotopic (exact) mass is 340 g/mol. The predicted molar refractivity (Wildman–Crippen MR) is 102 cm³/mol. The Hall–Kier alpha value is -2.17. The van der Waals surface area contributed by atoms with Gasteiger partial charge in [0.15, 0.2) is 0 Å². The van der Waals surface area contributed by atoms with Crippen LogP contribution in [-0.2, 0) is 6.54 Å². The van der Waals surface area contributed by atoms with Gasteiger partial charge in [-0.2, -0.15) is 0 Å². The summed E-state index contributed by atoms with van der Waals surface area (Å²) >= 11 is 0. The molecule has 0 bridgehead atoms. The summed E-state index contributed by atoms with van der Waals surface area (Å²) in [4.78, 5) is 11.6. The first-order valence-electron chi connectivity index (χ1n) is 8.65. The Kier molecular flexibility index (Phi) is 6.73. The van der Waals surface area contributed by atoms with Crippen LogP contribution in [0.2, 0.25) is 0 Å². The molecule has 0 aliphatic rings. The van der Waals surface area contributed by atoms with E-state index in [1.807, 2.05) is 42.5 Å². The fraction of sp³-hybridized carbons (Fsp3) is 0.381. The Morgan fingerprint density at radius 3 is 2.28 bits per heavy atom. The molecule has 0 heterocycles. The Balaban J connectivity index is 2.00. The summed E-state index contributed by atoms with van der Waals surface area (Å²) in [5.41, 5.74) is 2.80. The highest BCUT2D eigenvalue weighted by atomic mass is 16.3. The van der Waals surface area contributed by atoms with Crippen LogP contribution in [0.5, 0.6) is 0 Å². The normalized spacial score (nSPS) is 12.6. The molecule has 2 aromatic rings. The molecule has 4 heteroatoms. The van der Waals surface area contributed by atoms with E-state index < -0.39 is 0 Å². The van der Waals surface area contributed by atoms with Crippen molar-refractivity contribution in [2.75, 3.05) is 20.2 Å². The van der Waals surface area contributed by atoms with Crippen LogP contribution < -0.4 is 10.6 Å². The maximum Gasteiger partial charge on any atom is 0.251 e. The third-order valence-electron chi connectivity index (χ3n) is 4.67. The molecule has 2 aromatic carbocycles. The van der Waals surface area contributed by atoms with Crippen LogP contribution in [0.4, 0.5) is 0 Å². The highest BCUT2D eigenvalue weighted by Gasteiger charge is 2.29. The minimum absolute atomic E-state index is 0.0756. The van der Waals surface area contributed by atoms with E-state index >= 15 is 0 Å². The third-order valence-corrected chi connectivity index (χ3v) is 4.67. The molecule has 1 amide bonds. The van der Waals surface area contributed by atoms with Gasteiger partial charge in [-0.05, 0) is 28.7 Å². The number of carbonyl (C=O) groups excluding carboxylic acids is 1. The molecule has 134 valence electrons. The molecule has 1 unspecified atom stereocenters. The van der Waals surface area contributed by atoms with Gasteiger partial charge in [0.1, 0.15) is 0 Å². The summed E-state index contributed by atoms with van der Waals surface area (Å²) in [6.07, 6.45) is 0. The zero-order chi connectivity index (χ0) is 18.3. The maximum absolute atomic E-state index is 11.6. The van der Waals surface area contributed by atoms with Crippen molar-refractivity contribution in [1.82, 2.24) is 10.6 Å². The van der Waals surface area contributed by atoms with Gasteiger partial charge in [0.05, 0.1) is 0 Å². The molecule has 0 saturated heterocycles. The zero-order valence-electron chi connectivity index (χ0n) is 15.3. The van der Waals surface area contributed by atoms with Crippen LogP contribution in [0.15, 0.2) is 54.6 Å². The molecule has 0 radical (unpaired) electrons. The molecule has 4 nitrogen and oxygen atoms in total. The highest BCUT2D eigenvalue weighted by Crippen LogP contribution is 2.34. The Morgan fingerprint density at radius 2 is 1.72 bits per heavy atom. The quantitative estimate of drug-likeness (QED) is 0.692. The highest BCUT2D eigenvalue weighted by molar-refractivity contribution is 5.93. The van der Waals surface area contributed by atoms with E-state index in [-0.39, 0.29) is 23.8 Å². The molecule has 0 fully saturated rings. The minimum atomic E-state index is -0.211.